The van der Waals surface area contributed by atoms with Gasteiger partial charge < -0.3 is 4.90 Å². The number of hydrogen-bond acceptors (Lipinski definition) is 4. The van der Waals surface area contributed by atoms with E-state index >= 15 is 0 Å². The first-order valence-corrected chi connectivity index (χ1v) is 12.6. The minimum Gasteiger partial charge on any atom is -0.337 e. The van der Waals surface area contributed by atoms with Gasteiger partial charge >= 0.3 is 0 Å². The Morgan fingerprint density at radius 2 is 1.69 bits per heavy atom. The van der Waals surface area contributed by atoms with Gasteiger partial charge in [-0.15, -0.1) is 10.2 Å². The molecule has 1 aromatic heterocycles. The minimum atomic E-state index is 0.165. The standard InChI is InChI=1S/C25H29ClN4OS/c1-4-19-8-14-22(15-9-19)30-24(20-10-12-21(26)13-11-20)27-28-25(30)32-16-23(31)29-17(2)6-5-7-18(29)3/h8-15,17-18H,4-7,16H2,1-3H3/t17-,18+. The van der Waals surface area contributed by atoms with Crippen LogP contribution >= 0.6 is 23.4 Å². The van der Waals surface area contributed by atoms with E-state index in [-0.39, 0.29) is 18.0 Å². The van der Waals surface area contributed by atoms with Crippen molar-refractivity contribution in [1.82, 2.24) is 19.7 Å². The molecule has 0 aliphatic carbocycles. The molecule has 3 aromatic rings. The molecule has 0 saturated carbocycles. The van der Waals surface area contributed by atoms with Crippen LogP contribution in [0.25, 0.3) is 17.1 Å². The van der Waals surface area contributed by atoms with Crippen molar-refractivity contribution < 1.29 is 4.79 Å². The van der Waals surface area contributed by atoms with Crippen LogP contribution in [0.15, 0.2) is 53.7 Å². The summed E-state index contributed by atoms with van der Waals surface area (Å²) in [7, 11) is 0. The van der Waals surface area contributed by atoms with Gasteiger partial charge in [0, 0.05) is 28.4 Å². The van der Waals surface area contributed by atoms with Gasteiger partial charge in [0.2, 0.25) is 5.91 Å². The van der Waals surface area contributed by atoms with Crippen LogP contribution in [0.4, 0.5) is 0 Å². The van der Waals surface area contributed by atoms with Crippen molar-refractivity contribution >= 4 is 29.3 Å². The first-order chi connectivity index (χ1) is 15.5. The van der Waals surface area contributed by atoms with Gasteiger partial charge in [0.05, 0.1) is 5.75 Å². The molecule has 1 fully saturated rings. The predicted octanol–water partition coefficient (Wildman–Crippen LogP) is 6.03. The molecule has 0 radical (unpaired) electrons. The molecule has 2 atom stereocenters. The van der Waals surface area contributed by atoms with Crippen LogP contribution < -0.4 is 0 Å². The maximum absolute atomic E-state index is 13.1. The Balaban J connectivity index is 1.64. The minimum absolute atomic E-state index is 0.165. The molecule has 0 unspecified atom stereocenters. The highest BCUT2D eigenvalue weighted by atomic mass is 35.5. The second-order valence-electron chi connectivity index (χ2n) is 8.39. The van der Waals surface area contributed by atoms with Crippen LogP contribution in [0, 0.1) is 0 Å². The molecule has 168 valence electrons. The Morgan fingerprint density at radius 1 is 1.03 bits per heavy atom. The zero-order valence-corrected chi connectivity index (χ0v) is 20.4. The predicted molar refractivity (Wildman–Crippen MR) is 132 cm³/mol. The average Bonchev–Trinajstić information content (AvgIpc) is 3.22. The first-order valence-electron chi connectivity index (χ1n) is 11.2. The molecule has 0 bridgehead atoms. The summed E-state index contributed by atoms with van der Waals surface area (Å²) >= 11 is 7.54. The number of likely N-dealkylation sites (tertiary alicyclic amines) is 1. The maximum atomic E-state index is 13.1. The van der Waals surface area contributed by atoms with Gasteiger partial charge in [0.15, 0.2) is 11.0 Å². The number of aromatic nitrogens is 3. The van der Waals surface area contributed by atoms with Crippen LogP contribution in [0.2, 0.25) is 5.02 Å². The molecule has 1 aliphatic heterocycles. The fraction of sp³-hybridized carbons (Fsp3) is 0.400. The number of piperidine rings is 1. The van der Waals surface area contributed by atoms with Crippen molar-refractivity contribution in [1.29, 1.82) is 0 Å². The SMILES string of the molecule is CCc1ccc(-n2c(SCC(=O)N3[C@H](C)CCC[C@@H]3C)nnc2-c2ccc(Cl)cc2)cc1. The van der Waals surface area contributed by atoms with Crippen LogP contribution in [0.5, 0.6) is 0 Å². The second-order valence-corrected chi connectivity index (χ2v) is 9.77. The summed E-state index contributed by atoms with van der Waals surface area (Å²) < 4.78 is 2.03. The van der Waals surface area contributed by atoms with Gasteiger partial charge in [-0.25, -0.2) is 0 Å². The molecule has 0 N–H and O–H groups in total. The van der Waals surface area contributed by atoms with E-state index in [1.165, 1.54) is 23.7 Å². The molecule has 1 saturated heterocycles. The smallest absolute Gasteiger partial charge is 0.233 e. The molecular weight excluding hydrogens is 440 g/mol. The highest BCUT2D eigenvalue weighted by molar-refractivity contribution is 7.99. The largest absolute Gasteiger partial charge is 0.337 e. The Hall–Kier alpha value is -2.31. The van der Waals surface area contributed by atoms with Crippen LogP contribution in [0.1, 0.15) is 45.6 Å². The van der Waals surface area contributed by atoms with Crippen molar-refractivity contribution in [3.05, 3.63) is 59.1 Å². The number of rotatable bonds is 6. The van der Waals surface area contributed by atoms with E-state index in [0.29, 0.717) is 15.9 Å². The Labute approximate surface area is 199 Å². The number of carbonyl (C=O) groups excluding carboxylic acids is 1. The van der Waals surface area contributed by atoms with Gasteiger partial charge in [0.1, 0.15) is 0 Å². The number of amides is 1. The highest BCUT2D eigenvalue weighted by Gasteiger charge is 2.29. The van der Waals surface area contributed by atoms with E-state index in [4.69, 9.17) is 11.6 Å². The Kier molecular flexibility index (Phi) is 7.21. The number of thioether (sulfide) groups is 1. The van der Waals surface area contributed by atoms with Crippen molar-refractivity contribution in [2.45, 2.75) is 63.7 Å². The summed E-state index contributed by atoms with van der Waals surface area (Å²) in [5, 5.41) is 10.3. The molecule has 5 nitrogen and oxygen atoms in total. The third-order valence-electron chi connectivity index (χ3n) is 6.14. The zero-order chi connectivity index (χ0) is 22.7. The molecule has 7 heteroatoms. The van der Waals surface area contributed by atoms with Crippen molar-refractivity contribution in [3.63, 3.8) is 0 Å². The van der Waals surface area contributed by atoms with Crippen molar-refractivity contribution in [2.24, 2.45) is 0 Å². The lowest BCUT2D eigenvalue weighted by molar-refractivity contribution is -0.134. The molecule has 32 heavy (non-hydrogen) atoms. The van der Waals surface area contributed by atoms with Crippen LogP contribution in [-0.4, -0.2) is 43.4 Å². The van der Waals surface area contributed by atoms with Gasteiger partial charge in [-0.3, -0.25) is 9.36 Å². The van der Waals surface area contributed by atoms with Gasteiger partial charge in [0.25, 0.3) is 0 Å². The molecular formula is C25H29ClN4OS. The summed E-state index contributed by atoms with van der Waals surface area (Å²) in [6.45, 7) is 6.44. The van der Waals surface area contributed by atoms with E-state index in [0.717, 1.165) is 36.3 Å². The van der Waals surface area contributed by atoms with Crippen molar-refractivity contribution in [3.8, 4) is 17.1 Å². The molecule has 0 spiro atoms. The van der Waals surface area contributed by atoms with Crippen LogP contribution in [-0.2, 0) is 11.2 Å². The number of benzene rings is 2. The molecule has 1 amide bonds. The monoisotopic (exact) mass is 468 g/mol. The summed E-state index contributed by atoms with van der Waals surface area (Å²) in [6.07, 6.45) is 4.31. The van der Waals surface area contributed by atoms with Crippen LogP contribution in [0.3, 0.4) is 0 Å². The fourth-order valence-corrected chi connectivity index (χ4v) is 5.32. The lowest BCUT2D eigenvalue weighted by atomic mass is 9.98. The third kappa shape index (κ3) is 4.86. The molecule has 2 heterocycles. The number of carbonyl (C=O) groups is 1. The fourth-order valence-electron chi connectivity index (χ4n) is 4.38. The highest BCUT2D eigenvalue weighted by Crippen LogP contribution is 2.30. The van der Waals surface area contributed by atoms with E-state index in [9.17, 15) is 4.79 Å². The number of nitrogens with zero attached hydrogens (tertiary/aromatic N) is 4. The quantitative estimate of drug-likeness (QED) is 0.414. The lowest BCUT2D eigenvalue weighted by Gasteiger charge is -2.39. The van der Waals surface area contributed by atoms with Gasteiger partial charge in [-0.2, -0.15) is 0 Å². The second kappa shape index (κ2) is 10.1. The molecule has 1 aliphatic rings. The molecule has 4 rings (SSSR count). The maximum Gasteiger partial charge on any atom is 0.233 e. The Morgan fingerprint density at radius 3 is 2.31 bits per heavy atom. The summed E-state index contributed by atoms with van der Waals surface area (Å²) in [5.74, 6) is 1.25. The van der Waals surface area contributed by atoms with E-state index < -0.39 is 0 Å². The van der Waals surface area contributed by atoms with Crippen molar-refractivity contribution in [2.75, 3.05) is 5.75 Å². The lowest BCUT2D eigenvalue weighted by Crippen LogP contribution is -2.48. The normalized spacial score (nSPS) is 18.7. The van der Waals surface area contributed by atoms with E-state index in [1.807, 2.05) is 33.7 Å². The van der Waals surface area contributed by atoms with E-state index in [2.05, 4.69) is 55.2 Å². The van der Waals surface area contributed by atoms with Gasteiger partial charge in [-0.05, 0) is 81.5 Å². The van der Waals surface area contributed by atoms with E-state index in [1.54, 1.807) is 0 Å². The number of aryl methyl sites for hydroxylation is 1. The first kappa shape index (κ1) is 22.9. The summed E-state index contributed by atoms with van der Waals surface area (Å²) in [5.41, 5.74) is 3.18. The average molecular weight is 469 g/mol. The number of hydrogen-bond donors (Lipinski definition) is 0. The number of halogens is 1. The zero-order valence-electron chi connectivity index (χ0n) is 18.8. The van der Waals surface area contributed by atoms with Gasteiger partial charge in [-0.1, -0.05) is 42.4 Å². The summed E-state index contributed by atoms with van der Waals surface area (Å²) in [4.78, 5) is 15.1. The third-order valence-corrected chi connectivity index (χ3v) is 7.31. The Bertz CT molecular complexity index is 1050. The summed E-state index contributed by atoms with van der Waals surface area (Å²) in [6, 6.07) is 16.6. The topological polar surface area (TPSA) is 51.0 Å². The molecule has 2 aromatic carbocycles.